The van der Waals surface area contributed by atoms with Crippen LogP contribution >= 0.6 is 0 Å². The van der Waals surface area contributed by atoms with Gasteiger partial charge in [0.15, 0.2) is 18.3 Å². The van der Waals surface area contributed by atoms with Gasteiger partial charge in [-0.25, -0.2) is 4.79 Å². The van der Waals surface area contributed by atoms with E-state index in [0.717, 1.165) is 12.5 Å². The van der Waals surface area contributed by atoms with Crippen molar-refractivity contribution in [3.05, 3.63) is 23.8 Å². The fraction of sp³-hybridized carbons (Fsp3) is 0.625. The van der Waals surface area contributed by atoms with E-state index >= 15 is 0 Å². The summed E-state index contributed by atoms with van der Waals surface area (Å²) in [5.41, 5.74) is 0.643. The predicted molar refractivity (Wildman–Crippen MR) is 120 cm³/mol. The summed E-state index contributed by atoms with van der Waals surface area (Å²) in [4.78, 5) is 10.7. The summed E-state index contributed by atoms with van der Waals surface area (Å²) >= 11 is 0. The molecule has 1 aromatic carbocycles. The van der Waals surface area contributed by atoms with Crippen molar-refractivity contribution < 1.29 is 28.8 Å². The summed E-state index contributed by atoms with van der Waals surface area (Å²) in [6, 6.07) is 3.39. The second-order valence-corrected chi connectivity index (χ2v) is 7.28. The van der Waals surface area contributed by atoms with Crippen molar-refractivity contribution in [2.24, 2.45) is 0 Å². The third-order valence-electron chi connectivity index (χ3n) is 4.83. The number of carbonyl (C=O) groups is 1. The van der Waals surface area contributed by atoms with E-state index in [9.17, 15) is 4.79 Å². The van der Waals surface area contributed by atoms with Crippen LogP contribution in [-0.4, -0.2) is 38.7 Å². The minimum Gasteiger partial charge on any atom is -0.493 e. The first-order chi connectivity index (χ1) is 14.6. The molecule has 1 rings (SSSR count). The van der Waals surface area contributed by atoms with Crippen LogP contribution in [0.1, 0.15) is 76.7 Å². The smallest absolute Gasteiger partial charge is 0.328 e. The molecule has 0 saturated carbocycles. The van der Waals surface area contributed by atoms with Crippen molar-refractivity contribution in [3.8, 4) is 17.2 Å². The Hall–Kier alpha value is -2.21. The van der Waals surface area contributed by atoms with Crippen molar-refractivity contribution in [2.75, 3.05) is 27.6 Å². The molecule has 0 heterocycles. The molecule has 0 atom stereocenters. The van der Waals surface area contributed by atoms with Gasteiger partial charge in [0.2, 0.25) is 5.75 Å². The summed E-state index contributed by atoms with van der Waals surface area (Å²) in [5, 5.41) is 8.78. The molecule has 0 spiro atoms. The van der Waals surface area contributed by atoms with E-state index in [1.807, 2.05) is 0 Å². The number of hydrogen-bond donors (Lipinski definition) is 1. The van der Waals surface area contributed by atoms with Crippen LogP contribution in [-0.2, 0) is 9.53 Å². The van der Waals surface area contributed by atoms with Crippen LogP contribution in [0.25, 0.3) is 6.08 Å². The predicted octanol–water partition coefficient (Wildman–Crippen LogP) is 6.08. The Balaban J connectivity index is 2.28. The number of carboxylic acid groups (broad SMARTS) is 1. The van der Waals surface area contributed by atoms with Crippen LogP contribution in [0, 0.1) is 0 Å². The van der Waals surface area contributed by atoms with Gasteiger partial charge < -0.3 is 24.1 Å². The molecule has 0 aliphatic rings. The molecule has 6 nitrogen and oxygen atoms in total. The average Bonchev–Trinajstić information content (AvgIpc) is 2.75. The minimum absolute atomic E-state index is 0.106. The molecule has 0 aliphatic carbocycles. The number of ether oxygens (including phenoxy) is 4. The molecule has 30 heavy (non-hydrogen) atoms. The summed E-state index contributed by atoms with van der Waals surface area (Å²) in [6.45, 7) is 3.01. The van der Waals surface area contributed by atoms with Crippen LogP contribution in [0.15, 0.2) is 18.2 Å². The monoisotopic (exact) mass is 422 g/mol. The minimum atomic E-state index is -1.02. The number of hydrogen-bond acceptors (Lipinski definition) is 5. The zero-order valence-corrected chi connectivity index (χ0v) is 18.8. The van der Waals surface area contributed by atoms with Crippen LogP contribution in [0.3, 0.4) is 0 Å². The molecule has 0 saturated heterocycles. The van der Waals surface area contributed by atoms with Crippen molar-refractivity contribution in [1.82, 2.24) is 0 Å². The van der Waals surface area contributed by atoms with Crippen LogP contribution in [0.4, 0.5) is 0 Å². The van der Waals surface area contributed by atoms with Gasteiger partial charge in [0.25, 0.3) is 0 Å². The molecular formula is C24H38O6. The third-order valence-corrected chi connectivity index (χ3v) is 4.83. The van der Waals surface area contributed by atoms with Gasteiger partial charge >= 0.3 is 5.97 Å². The highest BCUT2D eigenvalue weighted by Crippen LogP contribution is 2.39. The number of methoxy groups -OCH3 is 2. The van der Waals surface area contributed by atoms with Gasteiger partial charge in [-0.2, -0.15) is 0 Å². The van der Waals surface area contributed by atoms with E-state index in [1.54, 1.807) is 12.1 Å². The average molecular weight is 423 g/mol. The molecule has 0 fully saturated rings. The SMILES string of the molecule is CCCCCCCCCCCCOCOc1c(OC)cc(/C=C/C(=O)O)cc1OC. The van der Waals surface area contributed by atoms with Crippen molar-refractivity contribution in [1.29, 1.82) is 0 Å². The van der Waals surface area contributed by atoms with Gasteiger partial charge in [-0.3, -0.25) is 0 Å². The molecule has 0 amide bonds. The first kappa shape index (κ1) is 25.8. The summed E-state index contributed by atoms with van der Waals surface area (Å²) < 4.78 is 22.0. The van der Waals surface area contributed by atoms with Crippen molar-refractivity contribution in [3.63, 3.8) is 0 Å². The molecule has 1 N–H and O–H groups in total. The Morgan fingerprint density at radius 1 is 0.900 bits per heavy atom. The lowest BCUT2D eigenvalue weighted by atomic mass is 10.1. The van der Waals surface area contributed by atoms with E-state index in [0.29, 0.717) is 29.4 Å². The summed E-state index contributed by atoms with van der Waals surface area (Å²) in [5.74, 6) is 0.341. The molecule has 0 bridgehead atoms. The molecule has 0 radical (unpaired) electrons. The largest absolute Gasteiger partial charge is 0.493 e. The van der Waals surface area contributed by atoms with Crippen LogP contribution in [0.2, 0.25) is 0 Å². The number of rotatable bonds is 18. The normalized spacial score (nSPS) is 11.0. The fourth-order valence-corrected chi connectivity index (χ4v) is 3.16. The van der Waals surface area contributed by atoms with E-state index in [2.05, 4.69) is 6.92 Å². The standard InChI is InChI=1S/C24H38O6/c1-4-5-6-7-8-9-10-11-12-13-16-29-19-30-24-21(27-2)17-20(14-15-23(25)26)18-22(24)28-3/h14-15,17-18H,4-13,16,19H2,1-3H3,(H,25,26)/b15-14+. The summed E-state index contributed by atoms with van der Waals surface area (Å²) in [7, 11) is 3.05. The highest BCUT2D eigenvalue weighted by Gasteiger charge is 2.13. The van der Waals surface area contributed by atoms with Gasteiger partial charge in [0.1, 0.15) is 0 Å². The first-order valence-electron chi connectivity index (χ1n) is 11.0. The maximum Gasteiger partial charge on any atom is 0.328 e. The molecule has 0 aromatic heterocycles. The van der Waals surface area contributed by atoms with Crippen LogP contribution < -0.4 is 14.2 Å². The zero-order valence-electron chi connectivity index (χ0n) is 18.8. The van der Waals surface area contributed by atoms with E-state index in [4.69, 9.17) is 24.1 Å². The lowest BCUT2D eigenvalue weighted by molar-refractivity contribution is -0.131. The maximum atomic E-state index is 10.7. The highest BCUT2D eigenvalue weighted by atomic mass is 16.7. The maximum absolute atomic E-state index is 10.7. The molecule has 1 aromatic rings. The Labute approximate surface area is 181 Å². The summed E-state index contributed by atoms with van der Waals surface area (Å²) in [6.07, 6.45) is 15.4. The zero-order chi connectivity index (χ0) is 22.0. The lowest BCUT2D eigenvalue weighted by Gasteiger charge is -2.15. The molecular weight excluding hydrogens is 384 g/mol. The Morgan fingerprint density at radius 3 is 1.93 bits per heavy atom. The third kappa shape index (κ3) is 11.1. The lowest BCUT2D eigenvalue weighted by Crippen LogP contribution is -2.06. The van der Waals surface area contributed by atoms with Gasteiger partial charge in [-0.15, -0.1) is 0 Å². The Morgan fingerprint density at radius 2 is 1.43 bits per heavy atom. The second kappa shape index (κ2) is 16.6. The second-order valence-electron chi connectivity index (χ2n) is 7.28. The van der Waals surface area contributed by atoms with Gasteiger partial charge in [0.05, 0.1) is 20.8 Å². The van der Waals surface area contributed by atoms with E-state index in [1.165, 1.54) is 78.1 Å². The molecule has 6 heteroatoms. The first-order valence-corrected chi connectivity index (χ1v) is 11.0. The highest BCUT2D eigenvalue weighted by molar-refractivity contribution is 5.85. The molecule has 170 valence electrons. The number of aliphatic carboxylic acids is 1. The number of unbranched alkanes of at least 4 members (excludes halogenated alkanes) is 9. The number of benzene rings is 1. The van der Waals surface area contributed by atoms with Crippen molar-refractivity contribution in [2.45, 2.75) is 71.1 Å². The molecule has 0 aliphatic heterocycles. The van der Waals surface area contributed by atoms with Gasteiger partial charge in [-0.05, 0) is 30.2 Å². The number of carboxylic acids is 1. The quantitative estimate of drug-likeness (QED) is 0.176. The fourth-order valence-electron chi connectivity index (χ4n) is 3.16. The van der Waals surface area contributed by atoms with E-state index < -0.39 is 5.97 Å². The van der Waals surface area contributed by atoms with E-state index in [-0.39, 0.29) is 6.79 Å². The Kier molecular flexibility index (Phi) is 14.3. The van der Waals surface area contributed by atoms with Crippen LogP contribution in [0.5, 0.6) is 17.2 Å². The van der Waals surface area contributed by atoms with Gasteiger partial charge in [0, 0.05) is 6.08 Å². The Bertz CT molecular complexity index is 601. The van der Waals surface area contributed by atoms with Gasteiger partial charge in [-0.1, -0.05) is 64.7 Å². The molecule has 0 unspecified atom stereocenters. The topological polar surface area (TPSA) is 74.2 Å². The van der Waals surface area contributed by atoms with Crippen molar-refractivity contribution >= 4 is 12.0 Å².